The highest BCUT2D eigenvalue weighted by atomic mass is 79.9. The Morgan fingerprint density at radius 3 is 2.45 bits per heavy atom. The third-order valence-electron chi connectivity index (χ3n) is 5.02. The Morgan fingerprint density at radius 2 is 1.77 bits per heavy atom. The lowest BCUT2D eigenvalue weighted by atomic mass is 10.1. The van der Waals surface area contributed by atoms with Crippen LogP contribution in [0.5, 0.6) is 5.75 Å². The molecule has 0 aliphatic heterocycles. The number of fused-ring (bicyclic) bond motifs is 1. The first-order valence-corrected chi connectivity index (χ1v) is 11.2. The number of hydrogen-bond acceptors (Lipinski definition) is 5. The van der Waals surface area contributed by atoms with Gasteiger partial charge in [0.2, 0.25) is 0 Å². The summed E-state index contributed by atoms with van der Waals surface area (Å²) in [6.45, 7) is 5.95. The van der Waals surface area contributed by atoms with E-state index in [9.17, 15) is 9.59 Å². The molecule has 1 amide bonds. The van der Waals surface area contributed by atoms with Crippen molar-refractivity contribution in [3.8, 4) is 5.75 Å². The fourth-order valence-corrected chi connectivity index (χ4v) is 4.47. The number of carbonyl (C=O) groups is 1. The summed E-state index contributed by atoms with van der Waals surface area (Å²) < 4.78 is 7.96. The number of rotatable bonds is 5. The molecule has 158 valence electrons. The maximum Gasteiger partial charge on any atom is 0.281 e. The Hall–Kier alpha value is -2.97. The summed E-state index contributed by atoms with van der Waals surface area (Å²) in [6, 6.07) is 14.7. The first-order valence-electron chi connectivity index (χ1n) is 9.61. The van der Waals surface area contributed by atoms with Gasteiger partial charge >= 0.3 is 0 Å². The Labute approximate surface area is 191 Å². The van der Waals surface area contributed by atoms with E-state index in [1.54, 1.807) is 19.1 Å². The summed E-state index contributed by atoms with van der Waals surface area (Å²) in [7, 11) is 0. The number of carbonyl (C=O) groups excluding carboxylic acids is 1. The molecular weight excluding hydrogens is 478 g/mol. The summed E-state index contributed by atoms with van der Waals surface area (Å²) in [5, 5.41) is 0.550. The number of aryl methyl sites for hydroxylation is 3. The van der Waals surface area contributed by atoms with Crippen molar-refractivity contribution in [1.29, 1.82) is 0 Å². The van der Waals surface area contributed by atoms with Crippen molar-refractivity contribution in [2.24, 2.45) is 0 Å². The van der Waals surface area contributed by atoms with Gasteiger partial charge in [0.25, 0.3) is 11.5 Å². The van der Waals surface area contributed by atoms with Gasteiger partial charge in [-0.2, -0.15) is 0 Å². The van der Waals surface area contributed by atoms with E-state index in [0.29, 0.717) is 28.2 Å². The fourth-order valence-electron chi connectivity index (χ4n) is 3.14. The second-order valence-corrected chi connectivity index (χ2v) is 9.26. The van der Waals surface area contributed by atoms with E-state index >= 15 is 0 Å². The first-order chi connectivity index (χ1) is 14.8. The van der Waals surface area contributed by atoms with Gasteiger partial charge in [0.1, 0.15) is 23.0 Å². The zero-order valence-electron chi connectivity index (χ0n) is 17.2. The van der Waals surface area contributed by atoms with Gasteiger partial charge in [-0.3, -0.25) is 15.0 Å². The van der Waals surface area contributed by atoms with Crippen LogP contribution in [0.1, 0.15) is 32.2 Å². The first kappa shape index (κ1) is 21.3. The fraction of sp³-hybridized carbons (Fsp3) is 0.174. The number of hydrogen-bond donors (Lipinski definition) is 1. The maximum atomic E-state index is 12.9. The van der Waals surface area contributed by atoms with Crippen molar-refractivity contribution in [2.45, 2.75) is 27.4 Å². The van der Waals surface area contributed by atoms with E-state index in [1.165, 1.54) is 16.0 Å². The van der Waals surface area contributed by atoms with Crippen molar-refractivity contribution < 1.29 is 9.53 Å². The molecule has 0 atom stereocenters. The van der Waals surface area contributed by atoms with Crippen LogP contribution < -0.4 is 15.7 Å². The second-order valence-electron chi connectivity index (χ2n) is 7.14. The highest BCUT2D eigenvalue weighted by Crippen LogP contribution is 2.26. The minimum atomic E-state index is -0.378. The van der Waals surface area contributed by atoms with E-state index in [1.807, 2.05) is 50.2 Å². The second kappa shape index (κ2) is 8.64. The summed E-state index contributed by atoms with van der Waals surface area (Å²) in [4.78, 5) is 31.9. The largest absolute Gasteiger partial charge is 0.489 e. The lowest BCUT2D eigenvalue weighted by molar-refractivity contribution is 0.101. The molecule has 2 aromatic carbocycles. The predicted molar refractivity (Wildman–Crippen MR) is 127 cm³/mol. The van der Waals surface area contributed by atoms with E-state index in [4.69, 9.17) is 4.74 Å². The molecule has 6 nitrogen and oxygen atoms in total. The molecule has 2 heterocycles. The zero-order valence-corrected chi connectivity index (χ0v) is 19.6. The van der Waals surface area contributed by atoms with Gasteiger partial charge in [-0.05, 0) is 68.3 Å². The number of halogens is 1. The van der Waals surface area contributed by atoms with Crippen LogP contribution in [0.25, 0.3) is 10.2 Å². The number of aromatic nitrogens is 2. The van der Waals surface area contributed by atoms with Crippen molar-refractivity contribution >= 4 is 43.4 Å². The van der Waals surface area contributed by atoms with Gasteiger partial charge in [-0.15, -0.1) is 11.3 Å². The predicted octanol–water partition coefficient (Wildman–Crippen LogP) is 5.11. The summed E-state index contributed by atoms with van der Waals surface area (Å²) >= 11 is 4.88. The van der Waals surface area contributed by atoms with Crippen molar-refractivity contribution in [1.82, 2.24) is 9.66 Å². The number of nitrogens with zero attached hydrogens (tertiary/aromatic N) is 2. The minimum Gasteiger partial charge on any atom is -0.489 e. The quantitative estimate of drug-likeness (QED) is 0.415. The van der Waals surface area contributed by atoms with E-state index in [2.05, 4.69) is 26.3 Å². The van der Waals surface area contributed by atoms with Gasteiger partial charge in [-0.1, -0.05) is 28.1 Å². The molecule has 0 aliphatic carbocycles. The summed E-state index contributed by atoms with van der Waals surface area (Å²) in [6.07, 6.45) is 0. The Morgan fingerprint density at radius 1 is 1.10 bits per heavy atom. The van der Waals surface area contributed by atoms with Crippen LogP contribution in [0.4, 0.5) is 0 Å². The Balaban J connectivity index is 1.49. The SMILES string of the molecule is Cc1sc2nc(C)n(NC(=O)c3ccc(COc4ccc(Br)cc4)cc3)c(=O)c2c1C. The maximum absolute atomic E-state index is 12.9. The zero-order chi connectivity index (χ0) is 22.1. The van der Waals surface area contributed by atoms with E-state index < -0.39 is 0 Å². The number of thiophene rings is 1. The summed E-state index contributed by atoms with van der Waals surface area (Å²) in [5.74, 6) is 0.824. The molecule has 0 bridgehead atoms. The highest BCUT2D eigenvalue weighted by Gasteiger charge is 2.16. The summed E-state index contributed by atoms with van der Waals surface area (Å²) in [5.41, 5.74) is 4.68. The average Bonchev–Trinajstić information content (AvgIpc) is 3.04. The molecule has 2 aromatic heterocycles. The lowest BCUT2D eigenvalue weighted by Gasteiger charge is -2.12. The molecule has 0 spiro atoms. The van der Waals surface area contributed by atoms with Gasteiger partial charge in [0.15, 0.2) is 0 Å². The van der Waals surface area contributed by atoms with Crippen molar-refractivity contribution in [2.75, 3.05) is 5.43 Å². The molecule has 1 N–H and O–H groups in total. The van der Waals surface area contributed by atoms with Gasteiger partial charge in [-0.25, -0.2) is 9.66 Å². The monoisotopic (exact) mass is 497 g/mol. The molecule has 8 heteroatoms. The topological polar surface area (TPSA) is 73.2 Å². The van der Waals surface area contributed by atoms with E-state index in [-0.39, 0.29) is 11.5 Å². The Bertz CT molecular complexity index is 1330. The van der Waals surface area contributed by atoms with Crippen LogP contribution in [0.3, 0.4) is 0 Å². The third kappa shape index (κ3) is 4.40. The molecule has 31 heavy (non-hydrogen) atoms. The molecule has 0 aliphatic rings. The molecule has 0 radical (unpaired) electrons. The smallest absolute Gasteiger partial charge is 0.281 e. The van der Waals surface area contributed by atoms with Gasteiger partial charge in [0.05, 0.1) is 5.39 Å². The molecule has 0 fully saturated rings. The number of amides is 1. The van der Waals surface area contributed by atoms with Crippen LogP contribution in [-0.2, 0) is 6.61 Å². The lowest BCUT2D eigenvalue weighted by Crippen LogP contribution is -2.35. The molecule has 4 aromatic rings. The van der Waals surface area contributed by atoms with Crippen molar-refractivity contribution in [3.05, 3.63) is 90.7 Å². The normalized spacial score (nSPS) is 11.0. The molecule has 0 saturated heterocycles. The van der Waals surface area contributed by atoms with Crippen LogP contribution >= 0.6 is 27.3 Å². The minimum absolute atomic E-state index is 0.266. The molecular formula is C23H20BrN3O3S. The highest BCUT2D eigenvalue weighted by molar-refractivity contribution is 9.10. The van der Waals surface area contributed by atoms with Gasteiger partial charge < -0.3 is 4.74 Å². The number of benzene rings is 2. The van der Waals surface area contributed by atoms with Crippen LogP contribution in [0, 0.1) is 20.8 Å². The Kier molecular flexibility index (Phi) is 5.93. The van der Waals surface area contributed by atoms with Crippen LogP contribution in [0.15, 0.2) is 57.8 Å². The molecule has 0 unspecified atom stereocenters. The molecule has 0 saturated carbocycles. The van der Waals surface area contributed by atoms with Crippen LogP contribution in [0.2, 0.25) is 0 Å². The standard InChI is InChI=1S/C23H20BrN3O3S/c1-13-14(2)31-22-20(13)23(29)27(15(3)25-22)26-21(28)17-6-4-16(5-7-17)12-30-19-10-8-18(24)9-11-19/h4-11H,12H2,1-3H3,(H,26,28). The van der Waals surface area contributed by atoms with Crippen LogP contribution in [-0.4, -0.2) is 15.6 Å². The number of ether oxygens (including phenoxy) is 1. The van der Waals surface area contributed by atoms with Crippen molar-refractivity contribution in [3.63, 3.8) is 0 Å². The third-order valence-corrected chi connectivity index (χ3v) is 6.65. The van der Waals surface area contributed by atoms with E-state index in [0.717, 1.165) is 26.2 Å². The van der Waals surface area contributed by atoms with Gasteiger partial charge in [0, 0.05) is 14.9 Å². The molecule has 4 rings (SSSR count). The number of nitrogens with one attached hydrogen (secondary N) is 1. The average molecular weight is 498 g/mol.